The maximum atomic E-state index is 11.7. The number of amides is 1. The number of nitrogens with one attached hydrogen (secondary N) is 1. The third-order valence-corrected chi connectivity index (χ3v) is 2.25. The second-order valence-corrected chi connectivity index (χ2v) is 4.85. The van der Waals surface area contributed by atoms with Crippen molar-refractivity contribution in [2.24, 2.45) is 5.73 Å². The summed E-state index contributed by atoms with van der Waals surface area (Å²) in [5, 5.41) is 7.20. The van der Waals surface area contributed by atoms with Crippen molar-refractivity contribution in [2.45, 2.75) is 32.8 Å². The molecule has 1 aliphatic rings. The molecule has 0 aliphatic carbocycles. The van der Waals surface area contributed by atoms with Crippen molar-refractivity contribution in [1.29, 1.82) is 5.41 Å². The minimum atomic E-state index is -0.491. The summed E-state index contributed by atoms with van der Waals surface area (Å²) >= 11 is 0. The number of nitrogens with zero attached hydrogens (tertiary/aromatic N) is 1. The molecule has 0 bridgehead atoms. The van der Waals surface area contributed by atoms with Gasteiger partial charge in [-0.05, 0) is 20.8 Å². The Morgan fingerprint density at radius 3 is 2.69 bits per heavy atom. The minimum Gasteiger partial charge on any atom is -0.444 e. The summed E-state index contributed by atoms with van der Waals surface area (Å²) < 4.78 is 5.25. The van der Waals surface area contributed by atoms with Gasteiger partial charge in [-0.25, -0.2) is 4.79 Å². The van der Waals surface area contributed by atoms with Crippen LogP contribution in [-0.2, 0) is 4.74 Å². The van der Waals surface area contributed by atoms with Gasteiger partial charge in [0.05, 0.1) is 6.54 Å². The van der Waals surface area contributed by atoms with Crippen molar-refractivity contribution in [3.8, 4) is 0 Å². The number of hydrogen-bond donors (Lipinski definition) is 2. The van der Waals surface area contributed by atoms with E-state index in [-0.39, 0.29) is 6.09 Å². The van der Waals surface area contributed by atoms with Gasteiger partial charge in [0.2, 0.25) is 0 Å². The Hall–Kier alpha value is -1.52. The van der Waals surface area contributed by atoms with E-state index in [9.17, 15) is 4.79 Å². The molecule has 5 heteroatoms. The van der Waals surface area contributed by atoms with Crippen molar-refractivity contribution in [3.05, 3.63) is 11.3 Å². The first kappa shape index (κ1) is 12.5. The van der Waals surface area contributed by atoms with E-state index in [0.29, 0.717) is 30.8 Å². The Balaban J connectivity index is 2.65. The molecule has 0 unspecified atom stereocenters. The second kappa shape index (κ2) is 4.55. The predicted octanol–water partition coefficient (Wildman–Crippen LogP) is 1.49. The number of ether oxygens (including phenoxy) is 1. The van der Waals surface area contributed by atoms with Gasteiger partial charge >= 0.3 is 6.09 Å². The molecule has 0 aromatic carbocycles. The van der Waals surface area contributed by atoms with Crippen LogP contribution in [0.1, 0.15) is 27.2 Å². The first-order valence-electron chi connectivity index (χ1n) is 5.29. The lowest BCUT2D eigenvalue weighted by molar-refractivity contribution is 0.0263. The monoisotopic (exact) mass is 225 g/mol. The van der Waals surface area contributed by atoms with Gasteiger partial charge in [0.25, 0.3) is 0 Å². The number of hydrogen-bond acceptors (Lipinski definition) is 4. The number of carbonyl (C=O) groups excluding carboxylic acids is 1. The predicted molar refractivity (Wildman–Crippen MR) is 62.4 cm³/mol. The van der Waals surface area contributed by atoms with E-state index in [4.69, 9.17) is 15.9 Å². The molecular weight excluding hydrogens is 206 g/mol. The molecule has 3 N–H and O–H groups in total. The highest BCUT2D eigenvalue weighted by atomic mass is 16.6. The molecule has 0 aromatic heterocycles. The fourth-order valence-corrected chi connectivity index (χ4v) is 1.42. The summed E-state index contributed by atoms with van der Waals surface area (Å²) in [4.78, 5) is 13.3. The molecule has 90 valence electrons. The first-order chi connectivity index (χ1) is 7.33. The minimum absolute atomic E-state index is 0.348. The summed E-state index contributed by atoms with van der Waals surface area (Å²) in [7, 11) is 0. The van der Waals surface area contributed by atoms with Gasteiger partial charge in [0.1, 0.15) is 5.60 Å². The fourth-order valence-electron chi connectivity index (χ4n) is 1.42. The standard InChI is InChI=1S/C11H19N3O2/c1-11(2,3)16-10(15)14-5-4-9(13)8(6-12)7-14/h6,12H,4-5,7,13H2,1-3H3. The summed E-state index contributed by atoms with van der Waals surface area (Å²) in [6.45, 7) is 6.41. The maximum Gasteiger partial charge on any atom is 0.410 e. The van der Waals surface area contributed by atoms with Gasteiger partial charge in [0, 0.05) is 30.5 Å². The second-order valence-electron chi connectivity index (χ2n) is 4.85. The smallest absolute Gasteiger partial charge is 0.410 e. The fraction of sp³-hybridized carbons (Fsp3) is 0.636. The van der Waals surface area contributed by atoms with E-state index >= 15 is 0 Å². The van der Waals surface area contributed by atoms with Crippen LogP contribution in [0.2, 0.25) is 0 Å². The largest absolute Gasteiger partial charge is 0.444 e. The number of carbonyl (C=O) groups is 1. The van der Waals surface area contributed by atoms with E-state index < -0.39 is 5.60 Å². The zero-order valence-corrected chi connectivity index (χ0v) is 10.0. The molecule has 1 amide bonds. The Bertz CT molecular complexity index is 329. The summed E-state index contributed by atoms with van der Waals surface area (Å²) in [5.41, 5.74) is 6.62. The topological polar surface area (TPSA) is 79.4 Å². The molecule has 0 aromatic rings. The Kier molecular flexibility index (Phi) is 3.57. The molecule has 0 saturated heterocycles. The van der Waals surface area contributed by atoms with Crippen molar-refractivity contribution in [2.75, 3.05) is 13.1 Å². The Labute approximate surface area is 95.8 Å². The van der Waals surface area contributed by atoms with E-state index in [0.717, 1.165) is 0 Å². The van der Waals surface area contributed by atoms with E-state index in [1.54, 1.807) is 4.90 Å². The average molecular weight is 225 g/mol. The third kappa shape index (κ3) is 3.25. The lowest BCUT2D eigenvalue weighted by atomic mass is 10.1. The van der Waals surface area contributed by atoms with Crippen LogP contribution in [-0.4, -0.2) is 35.9 Å². The van der Waals surface area contributed by atoms with Crippen LogP contribution in [0.4, 0.5) is 4.79 Å². The summed E-state index contributed by atoms with van der Waals surface area (Å²) in [5.74, 6) is 0. The molecule has 1 aliphatic heterocycles. The molecule has 0 saturated carbocycles. The number of rotatable bonds is 1. The Morgan fingerprint density at radius 2 is 2.19 bits per heavy atom. The summed E-state index contributed by atoms with van der Waals surface area (Å²) in [6.07, 6.45) is 1.45. The van der Waals surface area contributed by atoms with E-state index in [2.05, 4.69) is 0 Å². The molecule has 0 fully saturated rings. The van der Waals surface area contributed by atoms with Gasteiger partial charge in [0.15, 0.2) is 0 Å². The van der Waals surface area contributed by atoms with Gasteiger partial charge in [-0.15, -0.1) is 0 Å². The molecule has 0 radical (unpaired) electrons. The normalized spacial score (nSPS) is 17.3. The van der Waals surface area contributed by atoms with E-state index in [1.807, 2.05) is 20.8 Å². The van der Waals surface area contributed by atoms with Crippen LogP contribution < -0.4 is 5.73 Å². The van der Waals surface area contributed by atoms with Gasteiger partial charge in [-0.3, -0.25) is 0 Å². The lowest BCUT2D eigenvalue weighted by Crippen LogP contribution is -2.41. The van der Waals surface area contributed by atoms with Crippen molar-refractivity contribution >= 4 is 12.3 Å². The van der Waals surface area contributed by atoms with Crippen LogP contribution >= 0.6 is 0 Å². The molecule has 1 heterocycles. The van der Waals surface area contributed by atoms with Gasteiger partial charge < -0.3 is 20.8 Å². The summed E-state index contributed by atoms with van der Waals surface area (Å²) in [6, 6.07) is 0. The van der Waals surface area contributed by atoms with Crippen LogP contribution in [0, 0.1) is 5.41 Å². The molecule has 16 heavy (non-hydrogen) atoms. The zero-order chi connectivity index (χ0) is 12.3. The number of nitrogens with two attached hydrogens (primary N) is 1. The molecule has 0 atom stereocenters. The molecular formula is C11H19N3O2. The SMILES string of the molecule is CC(C)(C)OC(=O)N1CCC(N)=C(C=N)C1. The highest BCUT2D eigenvalue weighted by Gasteiger charge is 2.25. The van der Waals surface area contributed by atoms with Crippen molar-refractivity contribution in [3.63, 3.8) is 0 Å². The first-order valence-corrected chi connectivity index (χ1v) is 5.29. The molecule has 5 nitrogen and oxygen atoms in total. The maximum absolute atomic E-state index is 11.7. The van der Waals surface area contributed by atoms with Crippen molar-refractivity contribution < 1.29 is 9.53 Å². The van der Waals surface area contributed by atoms with Crippen LogP contribution in [0.3, 0.4) is 0 Å². The lowest BCUT2D eigenvalue weighted by Gasteiger charge is -2.30. The van der Waals surface area contributed by atoms with Crippen LogP contribution in [0.5, 0.6) is 0 Å². The highest BCUT2D eigenvalue weighted by molar-refractivity contribution is 5.80. The van der Waals surface area contributed by atoms with Gasteiger partial charge in [-0.2, -0.15) is 0 Å². The van der Waals surface area contributed by atoms with Crippen LogP contribution in [0.25, 0.3) is 0 Å². The Morgan fingerprint density at radius 1 is 1.56 bits per heavy atom. The quantitative estimate of drug-likeness (QED) is 0.663. The van der Waals surface area contributed by atoms with Crippen molar-refractivity contribution in [1.82, 2.24) is 4.90 Å². The van der Waals surface area contributed by atoms with Gasteiger partial charge in [-0.1, -0.05) is 0 Å². The average Bonchev–Trinajstić information content (AvgIpc) is 2.15. The van der Waals surface area contributed by atoms with Crippen LogP contribution in [0.15, 0.2) is 11.3 Å². The zero-order valence-electron chi connectivity index (χ0n) is 10.0. The van der Waals surface area contributed by atoms with E-state index in [1.165, 1.54) is 6.21 Å². The third-order valence-electron chi connectivity index (χ3n) is 2.25. The molecule has 0 spiro atoms. The molecule has 1 rings (SSSR count). The highest BCUT2D eigenvalue weighted by Crippen LogP contribution is 2.16.